The summed E-state index contributed by atoms with van der Waals surface area (Å²) in [4.78, 5) is 20.2. The normalized spacial score (nSPS) is 15.5. The van der Waals surface area contributed by atoms with Gasteiger partial charge in [-0.1, -0.05) is 5.92 Å². The van der Waals surface area contributed by atoms with Gasteiger partial charge in [0.25, 0.3) is 0 Å². The van der Waals surface area contributed by atoms with E-state index in [1.54, 1.807) is 11.1 Å². The number of anilines is 1. The zero-order valence-electron chi connectivity index (χ0n) is 12.8. The van der Waals surface area contributed by atoms with Crippen LogP contribution in [0.4, 0.5) is 10.6 Å². The standard InChI is InChI=1S/C16H21N3O2/c1-5-13-6-7-14(17-12-13)18-8-10-19(11-9-18)15(20)21-16(2,3)4/h1,6-7,12H,8-11H2,2-4H3. The molecule has 21 heavy (non-hydrogen) atoms. The average molecular weight is 287 g/mol. The van der Waals surface area contributed by atoms with Crippen LogP contribution in [0.3, 0.4) is 0 Å². The highest BCUT2D eigenvalue weighted by Crippen LogP contribution is 2.16. The first-order chi connectivity index (χ1) is 9.89. The molecule has 1 aromatic heterocycles. The monoisotopic (exact) mass is 287 g/mol. The molecule has 1 aliphatic heterocycles. The Balaban J connectivity index is 1.91. The maximum Gasteiger partial charge on any atom is 0.410 e. The van der Waals surface area contributed by atoms with Crippen LogP contribution >= 0.6 is 0 Å². The number of piperazine rings is 1. The lowest BCUT2D eigenvalue weighted by Gasteiger charge is -2.36. The molecular weight excluding hydrogens is 266 g/mol. The van der Waals surface area contributed by atoms with E-state index in [9.17, 15) is 4.79 Å². The number of terminal acetylenes is 1. The zero-order chi connectivity index (χ0) is 15.5. The summed E-state index contributed by atoms with van der Waals surface area (Å²) in [5, 5.41) is 0. The number of rotatable bonds is 1. The molecule has 0 saturated carbocycles. The van der Waals surface area contributed by atoms with Crippen molar-refractivity contribution in [2.75, 3.05) is 31.1 Å². The van der Waals surface area contributed by atoms with Crippen LogP contribution in [0.2, 0.25) is 0 Å². The second-order valence-corrected chi connectivity index (χ2v) is 6.00. The minimum atomic E-state index is -0.458. The number of hydrogen-bond donors (Lipinski definition) is 0. The molecule has 0 N–H and O–H groups in total. The maximum atomic E-state index is 12.0. The number of pyridine rings is 1. The van der Waals surface area contributed by atoms with Gasteiger partial charge in [0.2, 0.25) is 0 Å². The fraction of sp³-hybridized carbons (Fsp3) is 0.500. The zero-order valence-corrected chi connectivity index (χ0v) is 12.8. The number of ether oxygens (including phenoxy) is 1. The van der Waals surface area contributed by atoms with E-state index in [1.165, 1.54) is 0 Å². The summed E-state index contributed by atoms with van der Waals surface area (Å²) < 4.78 is 5.38. The summed E-state index contributed by atoms with van der Waals surface area (Å²) in [6.07, 6.45) is 6.76. The Morgan fingerprint density at radius 2 is 1.95 bits per heavy atom. The van der Waals surface area contributed by atoms with E-state index in [0.717, 1.165) is 24.5 Å². The lowest BCUT2D eigenvalue weighted by molar-refractivity contribution is 0.0240. The summed E-state index contributed by atoms with van der Waals surface area (Å²) in [6, 6.07) is 3.79. The average Bonchev–Trinajstić information content (AvgIpc) is 2.46. The van der Waals surface area contributed by atoms with E-state index in [1.807, 2.05) is 32.9 Å². The minimum Gasteiger partial charge on any atom is -0.444 e. The fourth-order valence-corrected chi connectivity index (χ4v) is 2.10. The van der Waals surface area contributed by atoms with Gasteiger partial charge in [-0.3, -0.25) is 0 Å². The summed E-state index contributed by atoms with van der Waals surface area (Å²) in [5.41, 5.74) is 0.312. The van der Waals surface area contributed by atoms with Gasteiger partial charge in [0.15, 0.2) is 0 Å². The first-order valence-corrected chi connectivity index (χ1v) is 7.04. The number of aromatic nitrogens is 1. The van der Waals surface area contributed by atoms with Crippen molar-refractivity contribution < 1.29 is 9.53 Å². The molecule has 1 saturated heterocycles. The lowest BCUT2D eigenvalue weighted by Crippen LogP contribution is -2.50. The molecule has 2 heterocycles. The Bertz CT molecular complexity index is 532. The van der Waals surface area contributed by atoms with Gasteiger partial charge < -0.3 is 14.5 Å². The number of nitrogens with zero attached hydrogens (tertiary/aromatic N) is 3. The van der Waals surface area contributed by atoms with E-state index in [2.05, 4.69) is 15.8 Å². The maximum absolute atomic E-state index is 12.0. The molecule has 1 fully saturated rings. The summed E-state index contributed by atoms with van der Waals surface area (Å²) in [5.74, 6) is 3.44. The highest BCUT2D eigenvalue weighted by Gasteiger charge is 2.26. The molecule has 0 aliphatic carbocycles. The first kappa shape index (κ1) is 15.2. The second kappa shape index (κ2) is 6.04. The van der Waals surface area contributed by atoms with Gasteiger partial charge in [-0.2, -0.15) is 0 Å². The van der Waals surface area contributed by atoms with Crippen molar-refractivity contribution in [2.24, 2.45) is 0 Å². The SMILES string of the molecule is C#Cc1ccc(N2CCN(C(=O)OC(C)(C)C)CC2)nc1. The van der Waals surface area contributed by atoms with Crippen LogP contribution in [0.5, 0.6) is 0 Å². The van der Waals surface area contributed by atoms with Crippen LogP contribution in [-0.4, -0.2) is 47.8 Å². The molecule has 0 bridgehead atoms. The molecule has 1 amide bonds. The summed E-state index contributed by atoms with van der Waals surface area (Å²) >= 11 is 0. The molecule has 2 rings (SSSR count). The van der Waals surface area contributed by atoms with Crippen molar-refractivity contribution in [1.82, 2.24) is 9.88 Å². The largest absolute Gasteiger partial charge is 0.444 e. The van der Waals surface area contributed by atoms with Crippen molar-refractivity contribution in [3.8, 4) is 12.3 Å². The summed E-state index contributed by atoms with van der Waals surface area (Å²) in [7, 11) is 0. The predicted molar refractivity (Wildman–Crippen MR) is 82.2 cm³/mol. The topological polar surface area (TPSA) is 45.7 Å². The van der Waals surface area contributed by atoms with Gasteiger partial charge in [-0.25, -0.2) is 9.78 Å². The Hall–Kier alpha value is -2.22. The third-order valence-corrected chi connectivity index (χ3v) is 3.17. The third-order valence-electron chi connectivity index (χ3n) is 3.17. The molecule has 112 valence electrons. The van der Waals surface area contributed by atoms with Crippen LogP contribution in [0.15, 0.2) is 18.3 Å². The van der Waals surface area contributed by atoms with Gasteiger partial charge in [0.05, 0.1) is 0 Å². The van der Waals surface area contributed by atoms with Crippen LogP contribution < -0.4 is 4.90 Å². The van der Waals surface area contributed by atoms with Gasteiger partial charge >= 0.3 is 6.09 Å². The smallest absolute Gasteiger partial charge is 0.410 e. The minimum absolute atomic E-state index is 0.252. The molecule has 0 aromatic carbocycles. The number of hydrogen-bond acceptors (Lipinski definition) is 4. The molecular formula is C16H21N3O2. The Morgan fingerprint density at radius 3 is 2.43 bits per heavy atom. The van der Waals surface area contributed by atoms with Gasteiger partial charge in [-0.15, -0.1) is 6.42 Å². The van der Waals surface area contributed by atoms with E-state index >= 15 is 0 Å². The van der Waals surface area contributed by atoms with Crippen molar-refractivity contribution in [3.63, 3.8) is 0 Å². The lowest BCUT2D eigenvalue weighted by atomic mass is 10.2. The van der Waals surface area contributed by atoms with Crippen LogP contribution in [0.1, 0.15) is 26.3 Å². The van der Waals surface area contributed by atoms with E-state index in [4.69, 9.17) is 11.2 Å². The molecule has 0 spiro atoms. The van der Waals surface area contributed by atoms with Gasteiger partial charge in [0.1, 0.15) is 11.4 Å². The van der Waals surface area contributed by atoms with E-state index < -0.39 is 5.60 Å². The number of amides is 1. The van der Waals surface area contributed by atoms with Crippen molar-refractivity contribution in [3.05, 3.63) is 23.9 Å². The van der Waals surface area contributed by atoms with Gasteiger partial charge in [0, 0.05) is 37.9 Å². The van der Waals surface area contributed by atoms with Crippen LogP contribution in [-0.2, 0) is 4.74 Å². The van der Waals surface area contributed by atoms with Gasteiger partial charge in [-0.05, 0) is 32.9 Å². The van der Waals surface area contributed by atoms with Crippen LogP contribution in [0.25, 0.3) is 0 Å². The molecule has 1 aliphatic rings. The molecule has 5 nitrogen and oxygen atoms in total. The second-order valence-electron chi connectivity index (χ2n) is 6.00. The quantitative estimate of drug-likeness (QED) is 0.742. The molecule has 0 unspecified atom stereocenters. The molecule has 5 heteroatoms. The first-order valence-electron chi connectivity index (χ1n) is 7.04. The molecule has 0 radical (unpaired) electrons. The Kier molecular flexibility index (Phi) is 4.37. The molecule has 1 aromatic rings. The predicted octanol–water partition coefficient (Wildman–Crippen LogP) is 2.12. The number of carbonyl (C=O) groups is 1. The molecule has 0 atom stereocenters. The number of carbonyl (C=O) groups excluding carboxylic acids is 1. The van der Waals surface area contributed by atoms with E-state index in [-0.39, 0.29) is 6.09 Å². The Morgan fingerprint density at radius 1 is 1.29 bits per heavy atom. The highest BCUT2D eigenvalue weighted by molar-refractivity contribution is 5.68. The third kappa shape index (κ3) is 4.12. The van der Waals surface area contributed by atoms with E-state index in [0.29, 0.717) is 13.1 Å². The van der Waals surface area contributed by atoms with Crippen molar-refractivity contribution in [1.29, 1.82) is 0 Å². The van der Waals surface area contributed by atoms with Crippen LogP contribution in [0, 0.1) is 12.3 Å². The highest BCUT2D eigenvalue weighted by atomic mass is 16.6. The van der Waals surface area contributed by atoms with Crippen molar-refractivity contribution in [2.45, 2.75) is 26.4 Å². The summed E-state index contributed by atoms with van der Waals surface area (Å²) in [6.45, 7) is 8.36. The fourth-order valence-electron chi connectivity index (χ4n) is 2.10. The Labute approximate surface area is 125 Å². The van der Waals surface area contributed by atoms with Crippen molar-refractivity contribution >= 4 is 11.9 Å².